The third-order valence-corrected chi connectivity index (χ3v) is 8.90. The maximum atomic E-state index is 14.7. The molecule has 2 atom stereocenters. The van der Waals surface area contributed by atoms with Gasteiger partial charge in [0.15, 0.2) is 0 Å². The molecule has 3 aliphatic rings. The quantitative estimate of drug-likeness (QED) is 0.471. The van der Waals surface area contributed by atoms with Gasteiger partial charge in [-0.2, -0.15) is 0 Å². The Morgan fingerprint density at radius 2 is 1.65 bits per heavy atom. The van der Waals surface area contributed by atoms with E-state index in [0.717, 1.165) is 0 Å². The second-order valence-corrected chi connectivity index (χ2v) is 14.8. The van der Waals surface area contributed by atoms with Crippen molar-refractivity contribution >= 4 is 41.1 Å². The van der Waals surface area contributed by atoms with Crippen molar-refractivity contribution in [1.82, 2.24) is 20.0 Å². The van der Waals surface area contributed by atoms with Crippen molar-refractivity contribution in [2.45, 2.75) is 78.1 Å². The predicted molar refractivity (Wildman–Crippen MR) is 174 cm³/mol. The van der Waals surface area contributed by atoms with Gasteiger partial charge in [0.25, 0.3) is 5.91 Å². The molecule has 2 saturated heterocycles. The Balaban J connectivity index is 1.28. The summed E-state index contributed by atoms with van der Waals surface area (Å²) >= 11 is 5.92. The van der Waals surface area contributed by atoms with Crippen LogP contribution in [-0.4, -0.2) is 95.0 Å². The number of halogens is 2. The van der Waals surface area contributed by atoms with Crippen LogP contribution in [0, 0.1) is 11.2 Å². The second kappa shape index (κ2) is 12.8. The third kappa shape index (κ3) is 7.31. The number of likely N-dealkylation sites (tertiary alicyclic amines) is 1. The van der Waals surface area contributed by atoms with Gasteiger partial charge in [0.05, 0.1) is 23.8 Å². The molecule has 10 nitrogen and oxygen atoms in total. The molecule has 2 aromatic rings. The number of anilines is 1. The number of piperazine rings is 1. The van der Waals surface area contributed by atoms with E-state index >= 15 is 0 Å². The number of carbonyl (C=O) groups is 4. The van der Waals surface area contributed by atoms with E-state index in [1.54, 1.807) is 40.1 Å². The molecule has 0 bridgehead atoms. The Morgan fingerprint density at radius 3 is 2.28 bits per heavy atom. The maximum absolute atomic E-state index is 14.7. The molecule has 0 aliphatic carbocycles. The number of piperidine rings is 1. The molecule has 4 amide bonds. The van der Waals surface area contributed by atoms with Crippen molar-refractivity contribution in [1.29, 1.82) is 0 Å². The number of ether oxygens (including phenoxy) is 1. The van der Waals surface area contributed by atoms with Crippen molar-refractivity contribution in [2.75, 3.05) is 38.0 Å². The van der Waals surface area contributed by atoms with E-state index < -0.39 is 28.9 Å². The van der Waals surface area contributed by atoms with Gasteiger partial charge in [0.1, 0.15) is 17.5 Å². The van der Waals surface area contributed by atoms with Gasteiger partial charge in [-0.3, -0.25) is 14.4 Å². The molecule has 0 aromatic heterocycles. The molecule has 3 aliphatic heterocycles. The Bertz CT molecular complexity index is 1530. The first-order valence-electron chi connectivity index (χ1n) is 15.8. The lowest BCUT2D eigenvalue weighted by Crippen LogP contribution is -2.64. The summed E-state index contributed by atoms with van der Waals surface area (Å²) in [5.41, 5.74) is 0.363. The average Bonchev–Trinajstić information content (AvgIpc) is 3.07. The first kappa shape index (κ1) is 33.7. The van der Waals surface area contributed by atoms with Crippen molar-refractivity contribution < 1.29 is 28.3 Å². The van der Waals surface area contributed by atoms with Gasteiger partial charge in [-0.05, 0) is 74.9 Å². The van der Waals surface area contributed by atoms with Crippen LogP contribution in [0.2, 0.25) is 5.02 Å². The number of carbonyl (C=O) groups excluding carboxylic acids is 4. The molecule has 0 saturated carbocycles. The van der Waals surface area contributed by atoms with E-state index in [4.69, 9.17) is 16.3 Å². The van der Waals surface area contributed by atoms with Crippen LogP contribution in [0.5, 0.6) is 0 Å². The minimum absolute atomic E-state index is 0.0186. The van der Waals surface area contributed by atoms with Crippen molar-refractivity contribution in [3.05, 3.63) is 52.8 Å². The van der Waals surface area contributed by atoms with Gasteiger partial charge < -0.3 is 30.1 Å². The normalized spacial score (nSPS) is 20.0. The van der Waals surface area contributed by atoms with Crippen LogP contribution in [0.1, 0.15) is 64.7 Å². The van der Waals surface area contributed by atoms with E-state index in [2.05, 4.69) is 10.6 Å². The van der Waals surface area contributed by atoms with Crippen LogP contribution < -0.4 is 10.6 Å². The van der Waals surface area contributed by atoms with Crippen LogP contribution in [0.4, 0.5) is 14.9 Å². The number of hydrogen-bond acceptors (Lipinski definition) is 6. The van der Waals surface area contributed by atoms with E-state index in [0.29, 0.717) is 42.7 Å². The molecule has 5 rings (SSSR count). The van der Waals surface area contributed by atoms with Gasteiger partial charge in [0, 0.05) is 42.8 Å². The van der Waals surface area contributed by atoms with E-state index in [9.17, 15) is 23.6 Å². The summed E-state index contributed by atoms with van der Waals surface area (Å²) in [4.78, 5) is 58.7. The minimum Gasteiger partial charge on any atom is -0.444 e. The number of nitrogens with zero attached hydrogens (tertiary/aromatic N) is 3. The summed E-state index contributed by atoms with van der Waals surface area (Å²) in [5, 5.41) is 6.68. The van der Waals surface area contributed by atoms with E-state index in [1.165, 1.54) is 11.0 Å². The third-order valence-electron chi connectivity index (χ3n) is 8.67. The highest BCUT2D eigenvalue weighted by atomic mass is 35.5. The summed E-state index contributed by atoms with van der Waals surface area (Å²) in [7, 11) is 0. The van der Waals surface area contributed by atoms with E-state index in [1.807, 2.05) is 41.5 Å². The number of benzene rings is 2. The zero-order valence-corrected chi connectivity index (χ0v) is 28.0. The predicted octanol–water partition coefficient (Wildman–Crippen LogP) is 5.16. The van der Waals surface area contributed by atoms with E-state index in [-0.39, 0.29) is 60.1 Å². The molecule has 0 unspecified atom stereocenters. The van der Waals surface area contributed by atoms with Crippen LogP contribution in [0.3, 0.4) is 0 Å². The molecular formula is C34H43ClFN5O5. The zero-order chi connectivity index (χ0) is 33.6. The highest BCUT2D eigenvalue weighted by Gasteiger charge is 2.44. The lowest BCUT2D eigenvalue weighted by Gasteiger charge is -2.44. The van der Waals surface area contributed by atoms with Crippen LogP contribution in [0.25, 0.3) is 11.1 Å². The Morgan fingerprint density at radius 1 is 0.957 bits per heavy atom. The average molecular weight is 656 g/mol. The molecule has 0 radical (unpaired) electrons. The van der Waals surface area contributed by atoms with Gasteiger partial charge >= 0.3 is 6.09 Å². The van der Waals surface area contributed by atoms with Crippen LogP contribution >= 0.6 is 11.6 Å². The van der Waals surface area contributed by atoms with Gasteiger partial charge in [-0.15, -0.1) is 0 Å². The van der Waals surface area contributed by atoms with Gasteiger partial charge in [-0.1, -0.05) is 38.4 Å². The number of hydrogen-bond donors (Lipinski definition) is 2. The highest BCUT2D eigenvalue weighted by molar-refractivity contribution is 6.30. The molecule has 2 fully saturated rings. The fourth-order valence-corrected chi connectivity index (χ4v) is 6.37. The summed E-state index contributed by atoms with van der Waals surface area (Å²) in [6.07, 6.45) is 1.01. The molecule has 2 N–H and O–H groups in total. The van der Waals surface area contributed by atoms with Gasteiger partial charge in [-0.25, -0.2) is 9.18 Å². The lowest BCUT2D eigenvalue weighted by molar-refractivity contribution is -0.140. The Kier molecular flexibility index (Phi) is 9.39. The second-order valence-electron chi connectivity index (χ2n) is 14.4. The maximum Gasteiger partial charge on any atom is 0.410 e. The molecule has 46 heavy (non-hydrogen) atoms. The molecule has 0 spiro atoms. The Labute approximate surface area is 274 Å². The monoisotopic (exact) mass is 655 g/mol. The van der Waals surface area contributed by atoms with Crippen molar-refractivity contribution in [3.63, 3.8) is 0 Å². The zero-order valence-electron chi connectivity index (χ0n) is 27.3. The fourth-order valence-electron chi connectivity index (χ4n) is 6.21. The first-order valence-corrected chi connectivity index (χ1v) is 16.1. The summed E-state index contributed by atoms with van der Waals surface area (Å²) in [6, 6.07) is 7.76. The SMILES string of the molecule is CC(C)(C)OC(=O)N1CCC(N[C@H](C(=O)N2CCN3C(=O)c4cc(-c5ccc(Cl)cc5F)ccc4NC(=O)[C@H]3C2)C(C)(C)C)CC1. The summed E-state index contributed by atoms with van der Waals surface area (Å²) in [6.45, 7) is 13.0. The molecular weight excluding hydrogens is 613 g/mol. The minimum atomic E-state index is -0.883. The first-order chi connectivity index (χ1) is 21.5. The van der Waals surface area contributed by atoms with Crippen molar-refractivity contribution in [3.8, 4) is 11.1 Å². The fraction of sp³-hybridized carbons (Fsp3) is 0.529. The van der Waals surface area contributed by atoms with Crippen molar-refractivity contribution in [2.24, 2.45) is 5.41 Å². The van der Waals surface area contributed by atoms with Crippen LogP contribution in [-0.2, 0) is 14.3 Å². The van der Waals surface area contributed by atoms with Crippen LogP contribution in [0.15, 0.2) is 36.4 Å². The molecule has 3 heterocycles. The topological polar surface area (TPSA) is 111 Å². The number of fused-ring (bicyclic) bond motifs is 2. The van der Waals surface area contributed by atoms with Gasteiger partial charge in [0.2, 0.25) is 11.8 Å². The smallest absolute Gasteiger partial charge is 0.410 e. The number of rotatable bonds is 4. The number of nitrogens with one attached hydrogen (secondary N) is 2. The molecule has 12 heteroatoms. The highest BCUT2D eigenvalue weighted by Crippen LogP contribution is 2.33. The lowest BCUT2D eigenvalue weighted by atomic mass is 9.84. The summed E-state index contributed by atoms with van der Waals surface area (Å²) in [5.74, 6) is -1.39. The molecule has 2 aromatic carbocycles. The standard InChI is InChI=1S/C34H43ClFN5O5/c1-33(2,3)28(37-22-11-13-39(14-12-22)32(45)46-34(4,5)6)31(44)40-15-16-41-27(19-40)29(42)38-26-10-7-20(17-24(26)30(41)43)23-9-8-21(35)18-25(23)36/h7-10,17-18,22,27-28,37H,11-16,19H2,1-6H3,(H,38,42)/t27-,28-/m1/s1. The molecule has 248 valence electrons. The summed E-state index contributed by atoms with van der Waals surface area (Å²) < 4.78 is 20.2. The Hall–Kier alpha value is -3.70. The largest absolute Gasteiger partial charge is 0.444 e. The number of amides is 4.